The van der Waals surface area contributed by atoms with Crippen LogP contribution < -0.4 is 10.1 Å². The molecule has 6 heteroatoms. The fourth-order valence-electron chi connectivity index (χ4n) is 2.69. The molecule has 0 saturated heterocycles. The molecule has 1 aromatic carbocycles. The molecular weight excluding hydrogens is 282 g/mol. The normalized spacial score (nSPS) is 15.0. The van der Waals surface area contributed by atoms with Crippen molar-refractivity contribution in [2.75, 3.05) is 12.4 Å². The molecule has 3 rings (SSSR count). The number of anilines is 1. The Labute approximate surface area is 128 Å². The van der Waals surface area contributed by atoms with E-state index in [1.165, 1.54) is 0 Å². The Kier molecular flexibility index (Phi) is 4.37. The molecule has 0 spiro atoms. The Morgan fingerprint density at radius 2 is 2.00 bits per heavy atom. The number of aromatic nitrogens is 2. The van der Waals surface area contributed by atoms with Crippen LogP contribution >= 0.6 is 0 Å². The maximum absolute atomic E-state index is 12.0. The molecule has 1 N–H and O–H groups in total. The highest BCUT2D eigenvalue weighted by atomic mass is 16.5. The maximum atomic E-state index is 12.0. The molecule has 0 bridgehead atoms. The number of amides is 1. The molecule has 1 fully saturated rings. The van der Waals surface area contributed by atoms with Crippen LogP contribution in [0.3, 0.4) is 0 Å². The highest BCUT2D eigenvalue weighted by Crippen LogP contribution is 2.26. The number of methoxy groups -OCH3 is 1. The smallest absolute Gasteiger partial charge is 0.322 e. The van der Waals surface area contributed by atoms with Crippen LogP contribution in [0.15, 0.2) is 28.7 Å². The molecule has 1 amide bonds. The molecule has 1 saturated carbocycles. The van der Waals surface area contributed by atoms with Crippen LogP contribution in [0.25, 0.3) is 0 Å². The number of hydrogen-bond acceptors (Lipinski definition) is 5. The third kappa shape index (κ3) is 3.44. The van der Waals surface area contributed by atoms with Crippen molar-refractivity contribution in [1.29, 1.82) is 0 Å². The summed E-state index contributed by atoms with van der Waals surface area (Å²) in [6.45, 7) is 0. The fraction of sp³-hybridized carbons (Fsp3) is 0.438. The summed E-state index contributed by atoms with van der Waals surface area (Å²) >= 11 is 0. The van der Waals surface area contributed by atoms with Gasteiger partial charge in [-0.3, -0.25) is 10.1 Å². The van der Waals surface area contributed by atoms with Gasteiger partial charge in [-0.25, -0.2) is 0 Å². The van der Waals surface area contributed by atoms with Gasteiger partial charge in [-0.1, -0.05) is 30.1 Å². The highest BCUT2D eigenvalue weighted by Gasteiger charge is 2.24. The van der Waals surface area contributed by atoms with Crippen molar-refractivity contribution < 1.29 is 13.9 Å². The minimum Gasteiger partial charge on any atom is -0.497 e. The summed E-state index contributed by atoms with van der Waals surface area (Å²) in [6, 6.07) is 7.84. The lowest BCUT2D eigenvalue weighted by molar-refractivity contribution is -0.119. The third-order valence-corrected chi connectivity index (χ3v) is 3.94. The standard InChI is InChI=1S/C16H19N3O3/c1-21-13-8-6-11(7-9-13)10-14-18-19-16(22-14)17-15(20)12-4-2-3-5-12/h6-9,12H,2-5,10H2,1H3,(H,17,19,20). The van der Waals surface area contributed by atoms with Gasteiger partial charge < -0.3 is 9.15 Å². The van der Waals surface area contributed by atoms with E-state index in [0.29, 0.717) is 12.3 Å². The number of nitrogens with zero attached hydrogens (tertiary/aromatic N) is 2. The number of ether oxygens (including phenoxy) is 1. The molecule has 1 aliphatic rings. The molecule has 0 atom stereocenters. The molecule has 1 aromatic heterocycles. The van der Waals surface area contributed by atoms with E-state index in [0.717, 1.165) is 37.0 Å². The van der Waals surface area contributed by atoms with E-state index >= 15 is 0 Å². The van der Waals surface area contributed by atoms with Gasteiger partial charge in [-0.15, -0.1) is 5.10 Å². The quantitative estimate of drug-likeness (QED) is 0.919. The van der Waals surface area contributed by atoms with Crippen molar-refractivity contribution in [3.63, 3.8) is 0 Å². The van der Waals surface area contributed by atoms with E-state index in [1.807, 2.05) is 24.3 Å². The number of carbonyl (C=O) groups is 1. The Morgan fingerprint density at radius 1 is 1.27 bits per heavy atom. The summed E-state index contributed by atoms with van der Waals surface area (Å²) in [6.07, 6.45) is 4.64. The Balaban J connectivity index is 1.59. The Bertz CT molecular complexity index is 630. The van der Waals surface area contributed by atoms with E-state index in [-0.39, 0.29) is 17.8 Å². The number of hydrogen-bond donors (Lipinski definition) is 1. The molecule has 0 unspecified atom stereocenters. The predicted octanol–water partition coefficient (Wildman–Crippen LogP) is 2.80. The first-order valence-corrected chi connectivity index (χ1v) is 7.51. The van der Waals surface area contributed by atoms with Crippen LogP contribution in [0.5, 0.6) is 5.75 Å². The number of carbonyl (C=O) groups excluding carboxylic acids is 1. The molecule has 1 heterocycles. The van der Waals surface area contributed by atoms with Crippen LogP contribution in [0.1, 0.15) is 37.1 Å². The predicted molar refractivity (Wildman–Crippen MR) is 80.7 cm³/mol. The van der Waals surface area contributed by atoms with Gasteiger partial charge in [0.05, 0.1) is 13.5 Å². The van der Waals surface area contributed by atoms with Crippen LogP contribution in [0.2, 0.25) is 0 Å². The van der Waals surface area contributed by atoms with Gasteiger partial charge in [0.2, 0.25) is 11.8 Å². The number of benzene rings is 1. The second kappa shape index (κ2) is 6.60. The lowest BCUT2D eigenvalue weighted by Gasteiger charge is -2.06. The first-order valence-electron chi connectivity index (χ1n) is 7.51. The van der Waals surface area contributed by atoms with E-state index in [1.54, 1.807) is 7.11 Å². The van der Waals surface area contributed by atoms with Gasteiger partial charge in [0.15, 0.2) is 0 Å². The van der Waals surface area contributed by atoms with Crippen molar-refractivity contribution >= 4 is 11.9 Å². The van der Waals surface area contributed by atoms with Gasteiger partial charge in [-0.05, 0) is 30.5 Å². The van der Waals surface area contributed by atoms with Gasteiger partial charge in [0, 0.05) is 5.92 Å². The SMILES string of the molecule is COc1ccc(Cc2nnc(NC(=O)C3CCCC3)o2)cc1. The summed E-state index contributed by atoms with van der Waals surface area (Å²) in [5.74, 6) is 1.35. The van der Waals surface area contributed by atoms with Gasteiger partial charge in [-0.2, -0.15) is 0 Å². The first kappa shape index (κ1) is 14.6. The zero-order valence-electron chi connectivity index (χ0n) is 12.5. The van der Waals surface area contributed by atoms with Gasteiger partial charge >= 0.3 is 6.01 Å². The lowest BCUT2D eigenvalue weighted by atomic mass is 10.1. The molecule has 0 radical (unpaired) electrons. The largest absolute Gasteiger partial charge is 0.497 e. The number of rotatable bonds is 5. The van der Waals surface area contributed by atoms with Gasteiger partial charge in [0.25, 0.3) is 0 Å². The van der Waals surface area contributed by atoms with Crippen molar-refractivity contribution in [3.05, 3.63) is 35.7 Å². The van der Waals surface area contributed by atoms with E-state index < -0.39 is 0 Å². The summed E-state index contributed by atoms with van der Waals surface area (Å²) in [4.78, 5) is 12.0. The summed E-state index contributed by atoms with van der Waals surface area (Å²) in [7, 11) is 1.63. The van der Waals surface area contributed by atoms with Crippen molar-refractivity contribution in [1.82, 2.24) is 10.2 Å². The molecule has 0 aliphatic heterocycles. The van der Waals surface area contributed by atoms with Crippen LogP contribution in [-0.4, -0.2) is 23.2 Å². The maximum Gasteiger partial charge on any atom is 0.322 e. The van der Waals surface area contributed by atoms with E-state index in [4.69, 9.17) is 9.15 Å². The van der Waals surface area contributed by atoms with Crippen molar-refractivity contribution in [2.45, 2.75) is 32.1 Å². The average Bonchev–Trinajstić information content (AvgIpc) is 3.20. The summed E-state index contributed by atoms with van der Waals surface area (Å²) in [5, 5.41) is 10.6. The van der Waals surface area contributed by atoms with Crippen molar-refractivity contribution in [3.8, 4) is 5.75 Å². The monoisotopic (exact) mass is 301 g/mol. The minimum absolute atomic E-state index is 0.0165. The molecule has 2 aromatic rings. The molecule has 1 aliphatic carbocycles. The summed E-state index contributed by atoms with van der Waals surface area (Å²) < 4.78 is 10.6. The van der Waals surface area contributed by atoms with E-state index in [9.17, 15) is 4.79 Å². The zero-order chi connectivity index (χ0) is 15.4. The minimum atomic E-state index is -0.0165. The zero-order valence-corrected chi connectivity index (χ0v) is 12.5. The van der Waals surface area contributed by atoms with E-state index in [2.05, 4.69) is 15.5 Å². The van der Waals surface area contributed by atoms with Crippen LogP contribution in [0.4, 0.5) is 6.01 Å². The molecule has 6 nitrogen and oxygen atoms in total. The van der Waals surface area contributed by atoms with Crippen LogP contribution in [-0.2, 0) is 11.2 Å². The second-order valence-corrected chi connectivity index (χ2v) is 5.50. The second-order valence-electron chi connectivity index (χ2n) is 5.50. The molecule has 116 valence electrons. The third-order valence-electron chi connectivity index (χ3n) is 3.94. The van der Waals surface area contributed by atoms with Crippen LogP contribution in [0, 0.1) is 5.92 Å². The Morgan fingerprint density at radius 3 is 2.68 bits per heavy atom. The van der Waals surface area contributed by atoms with Crippen molar-refractivity contribution in [2.24, 2.45) is 5.92 Å². The number of nitrogens with one attached hydrogen (secondary N) is 1. The highest BCUT2D eigenvalue weighted by molar-refractivity contribution is 5.90. The fourth-order valence-corrected chi connectivity index (χ4v) is 2.69. The van der Waals surface area contributed by atoms with Gasteiger partial charge in [0.1, 0.15) is 5.75 Å². The average molecular weight is 301 g/mol. The lowest BCUT2D eigenvalue weighted by Crippen LogP contribution is -2.20. The molecule has 22 heavy (non-hydrogen) atoms. The molecular formula is C16H19N3O3. The Hall–Kier alpha value is -2.37. The summed E-state index contributed by atoms with van der Waals surface area (Å²) in [5.41, 5.74) is 1.04. The topological polar surface area (TPSA) is 77.3 Å². The first-order chi connectivity index (χ1) is 10.7.